The van der Waals surface area contributed by atoms with Crippen LogP contribution in [0.5, 0.6) is 0 Å². The third-order valence-electron chi connectivity index (χ3n) is 3.55. The van der Waals surface area contributed by atoms with Gasteiger partial charge < -0.3 is 4.90 Å². The summed E-state index contributed by atoms with van der Waals surface area (Å²) in [5.41, 5.74) is 2.35. The van der Waals surface area contributed by atoms with E-state index in [1.54, 1.807) is 44.3 Å². The van der Waals surface area contributed by atoms with Gasteiger partial charge in [0, 0.05) is 12.7 Å². The van der Waals surface area contributed by atoms with Gasteiger partial charge in [-0.2, -0.15) is 0 Å². The molecule has 0 saturated carbocycles. The quantitative estimate of drug-likeness (QED) is 0.913. The van der Waals surface area contributed by atoms with E-state index in [2.05, 4.69) is 4.72 Å². The summed E-state index contributed by atoms with van der Waals surface area (Å²) in [6.07, 6.45) is 0. The van der Waals surface area contributed by atoms with E-state index in [1.807, 2.05) is 25.1 Å². The van der Waals surface area contributed by atoms with E-state index in [-0.39, 0.29) is 17.3 Å². The second-order valence-corrected chi connectivity index (χ2v) is 7.12. The highest BCUT2D eigenvalue weighted by Crippen LogP contribution is 2.16. The fourth-order valence-corrected chi connectivity index (χ4v) is 3.45. The minimum absolute atomic E-state index is 0.193. The molecule has 23 heavy (non-hydrogen) atoms. The first-order chi connectivity index (χ1) is 10.8. The zero-order chi connectivity index (χ0) is 17.0. The van der Waals surface area contributed by atoms with Crippen LogP contribution < -0.4 is 9.62 Å². The molecule has 0 bridgehead atoms. The number of hydrogen-bond donors (Lipinski definition) is 1. The first-order valence-electron chi connectivity index (χ1n) is 7.20. The van der Waals surface area contributed by atoms with Crippen LogP contribution in [0.1, 0.15) is 11.1 Å². The molecule has 0 atom stereocenters. The molecule has 1 N–H and O–H groups in total. The van der Waals surface area contributed by atoms with Crippen molar-refractivity contribution in [2.24, 2.45) is 0 Å². The fraction of sp³-hybridized carbons (Fsp3) is 0.235. The van der Waals surface area contributed by atoms with E-state index >= 15 is 0 Å². The van der Waals surface area contributed by atoms with Crippen LogP contribution >= 0.6 is 0 Å². The first kappa shape index (κ1) is 17.2. The molecule has 5 nitrogen and oxygen atoms in total. The first-order valence-corrected chi connectivity index (χ1v) is 8.68. The van der Waals surface area contributed by atoms with Crippen molar-refractivity contribution >= 4 is 21.6 Å². The molecule has 2 aromatic carbocycles. The van der Waals surface area contributed by atoms with Crippen molar-refractivity contribution in [3.8, 4) is 0 Å². The Morgan fingerprint density at radius 2 is 1.74 bits per heavy atom. The summed E-state index contributed by atoms with van der Waals surface area (Å²) < 4.78 is 27.1. The monoisotopic (exact) mass is 332 g/mol. The molecule has 2 aromatic rings. The average Bonchev–Trinajstić information content (AvgIpc) is 2.52. The molecule has 6 heteroatoms. The summed E-state index contributed by atoms with van der Waals surface area (Å²) in [7, 11) is -2.10. The third kappa shape index (κ3) is 4.18. The molecule has 0 unspecified atom stereocenters. The lowest BCUT2D eigenvalue weighted by molar-refractivity contribution is -0.117. The van der Waals surface area contributed by atoms with Crippen LogP contribution in [0.2, 0.25) is 0 Å². The van der Waals surface area contributed by atoms with Crippen molar-refractivity contribution in [3.63, 3.8) is 0 Å². The maximum atomic E-state index is 12.3. The van der Waals surface area contributed by atoms with Gasteiger partial charge in [0.15, 0.2) is 0 Å². The van der Waals surface area contributed by atoms with Gasteiger partial charge in [-0.15, -0.1) is 0 Å². The summed E-state index contributed by atoms with van der Waals surface area (Å²) >= 11 is 0. The molecule has 0 heterocycles. The molecule has 0 radical (unpaired) electrons. The van der Waals surface area contributed by atoms with Gasteiger partial charge in [0.25, 0.3) is 0 Å². The molecule has 0 saturated heterocycles. The lowest BCUT2D eigenvalue weighted by atomic mass is 10.2. The highest BCUT2D eigenvalue weighted by atomic mass is 32.2. The van der Waals surface area contributed by atoms with Crippen molar-refractivity contribution in [1.29, 1.82) is 0 Å². The van der Waals surface area contributed by atoms with Crippen LogP contribution in [0.15, 0.2) is 53.4 Å². The van der Waals surface area contributed by atoms with E-state index in [0.29, 0.717) is 11.3 Å². The van der Waals surface area contributed by atoms with Crippen LogP contribution in [-0.2, 0) is 14.8 Å². The zero-order valence-electron chi connectivity index (χ0n) is 13.4. The number of carbonyl (C=O) groups excluding carboxylic acids is 1. The van der Waals surface area contributed by atoms with Gasteiger partial charge in [-0.1, -0.05) is 35.9 Å². The van der Waals surface area contributed by atoms with Gasteiger partial charge in [0.2, 0.25) is 15.9 Å². The van der Waals surface area contributed by atoms with Crippen LogP contribution in [0.4, 0.5) is 5.69 Å². The van der Waals surface area contributed by atoms with Crippen molar-refractivity contribution < 1.29 is 13.2 Å². The molecule has 2 rings (SSSR count). The highest BCUT2D eigenvalue weighted by molar-refractivity contribution is 7.89. The van der Waals surface area contributed by atoms with E-state index in [9.17, 15) is 13.2 Å². The Morgan fingerprint density at radius 1 is 1.09 bits per heavy atom. The molecule has 0 aromatic heterocycles. The normalized spacial score (nSPS) is 11.3. The number of nitrogens with zero attached hydrogens (tertiary/aromatic N) is 1. The van der Waals surface area contributed by atoms with E-state index < -0.39 is 10.0 Å². The number of para-hydroxylation sites is 1. The Kier molecular flexibility index (Phi) is 5.18. The Morgan fingerprint density at radius 3 is 2.35 bits per heavy atom. The van der Waals surface area contributed by atoms with Crippen molar-refractivity contribution in [2.45, 2.75) is 18.7 Å². The predicted molar refractivity (Wildman–Crippen MR) is 91.0 cm³/mol. The summed E-state index contributed by atoms with van der Waals surface area (Å²) in [4.78, 5) is 13.8. The number of sulfonamides is 1. The molecule has 1 amide bonds. The Bertz CT molecular complexity index is 802. The number of aryl methyl sites for hydroxylation is 2. The van der Waals surface area contributed by atoms with Gasteiger partial charge >= 0.3 is 0 Å². The van der Waals surface area contributed by atoms with E-state index in [4.69, 9.17) is 0 Å². The largest absolute Gasteiger partial charge is 0.314 e. The van der Waals surface area contributed by atoms with Gasteiger partial charge in [-0.05, 0) is 37.6 Å². The SMILES string of the molecule is Cc1ccc(S(=O)(=O)NCC(=O)N(C)c2ccccc2)c(C)c1. The maximum absolute atomic E-state index is 12.3. The standard InChI is InChI=1S/C17H20N2O3S/c1-13-9-10-16(14(2)11-13)23(21,22)18-12-17(20)19(3)15-7-5-4-6-8-15/h4-11,18H,12H2,1-3H3. The molecule has 0 aliphatic rings. The van der Waals surface area contributed by atoms with Gasteiger partial charge in [-0.25, -0.2) is 13.1 Å². The lowest BCUT2D eigenvalue weighted by Crippen LogP contribution is -2.38. The molecular weight excluding hydrogens is 312 g/mol. The molecule has 0 aliphatic carbocycles. The summed E-state index contributed by atoms with van der Waals surface area (Å²) in [6, 6.07) is 14.2. The number of rotatable bonds is 5. The minimum atomic E-state index is -3.72. The number of hydrogen-bond acceptors (Lipinski definition) is 3. The van der Waals surface area contributed by atoms with Gasteiger partial charge in [0.05, 0.1) is 11.4 Å². The predicted octanol–water partition coefficient (Wildman–Crippen LogP) is 2.24. The number of benzene rings is 2. The second-order valence-electron chi connectivity index (χ2n) is 5.38. The zero-order valence-corrected chi connectivity index (χ0v) is 14.2. The average molecular weight is 332 g/mol. The van der Waals surface area contributed by atoms with Gasteiger partial charge in [-0.3, -0.25) is 4.79 Å². The van der Waals surface area contributed by atoms with Crippen LogP contribution in [0.25, 0.3) is 0 Å². The Balaban J connectivity index is 2.08. The summed E-state index contributed by atoms with van der Waals surface area (Å²) in [5, 5.41) is 0. The summed E-state index contributed by atoms with van der Waals surface area (Å²) in [6.45, 7) is 3.34. The number of nitrogens with one attached hydrogen (secondary N) is 1. The van der Waals surface area contributed by atoms with Crippen molar-refractivity contribution in [1.82, 2.24) is 4.72 Å². The molecule has 122 valence electrons. The molecule has 0 fully saturated rings. The van der Waals surface area contributed by atoms with Crippen LogP contribution in [0.3, 0.4) is 0 Å². The Hall–Kier alpha value is -2.18. The number of anilines is 1. The minimum Gasteiger partial charge on any atom is -0.314 e. The number of amides is 1. The van der Waals surface area contributed by atoms with Gasteiger partial charge in [0.1, 0.15) is 0 Å². The van der Waals surface area contributed by atoms with Crippen LogP contribution in [-0.4, -0.2) is 27.9 Å². The maximum Gasteiger partial charge on any atom is 0.241 e. The fourth-order valence-electron chi connectivity index (χ4n) is 2.25. The third-order valence-corrected chi connectivity index (χ3v) is 5.11. The second kappa shape index (κ2) is 6.93. The molecular formula is C17H20N2O3S. The smallest absolute Gasteiger partial charge is 0.241 e. The lowest BCUT2D eigenvalue weighted by Gasteiger charge is -2.18. The number of likely N-dealkylation sites (N-methyl/N-ethyl adjacent to an activating group) is 1. The summed E-state index contributed by atoms with van der Waals surface area (Å²) in [5.74, 6) is -0.329. The van der Waals surface area contributed by atoms with E-state index in [1.165, 1.54) is 4.90 Å². The molecule has 0 spiro atoms. The van der Waals surface area contributed by atoms with Crippen molar-refractivity contribution in [3.05, 3.63) is 59.7 Å². The number of carbonyl (C=O) groups is 1. The Labute approximate surface area is 137 Å². The van der Waals surface area contributed by atoms with Crippen LogP contribution in [0, 0.1) is 13.8 Å². The highest BCUT2D eigenvalue weighted by Gasteiger charge is 2.19. The topological polar surface area (TPSA) is 66.5 Å². The van der Waals surface area contributed by atoms with Crippen molar-refractivity contribution in [2.75, 3.05) is 18.5 Å². The van der Waals surface area contributed by atoms with E-state index in [0.717, 1.165) is 5.56 Å². The molecule has 0 aliphatic heterocycles.